The van der Waals surface area contributed by atoms with E-state index in [1.165, 1.54) is 12.8 Å². The van der Waals surface area contributed by atoms with Gasteiger partial charge in [0, 0.05) is 32.4 Å². The molecule has 0 radical (unpaired) electrons. The average Bonchev–Trinajstić information content (AvgIpc) is 3.13. The molecular formula is C15H23NO2. The van der Waals surface area contributed by atoms with Crippen molar-refractivity contribution in [2.24, 2.45) is 5.41 Å². The summed E-state index contributed by atoms with van der Waals surface area (Å²) >= 11 is 0. The van der Waals surface area contributed by atoms with Gasteiger partial charge in [0.25, 0.3) is 0 Å². The van der Waals surface area contributed by atoms with Crippen molar-refractivity contribution < 1.29 is 9.84 Å². The summed E-state index contributed by atoms with van der Waals surface area (Å²) in [4.78, 5) is 0. The molecule has 0 bridgehead atoms. The van der Waals surface area contributed by atoms with E-state index in [0.29, 0.717) is 11.2 Å². The molecule has 0 saturated heterocycles. The second kappa shape index (κ2) is 5.72. The maximum atomic E-state index is 9.92. The largest absolute Gasteiger partial charge is 0.507 e. The first-order valence-corrected chi connectivity index (χ1v) is 6.64. The predicted molar refractivity (Wildman–Crippen MR) is 72.7 cm³/mol. The molecule has 3 nitrogen and oxygen atoms in total. The van der Waals surface area contributed by atoms with Crippen LogP contribution in [-0.4, -0.2) is 25.4 Å². The number of aryl methyl sites for hydroxylation is 1. The van der Waals surface area contributed by atoms with Crippen LogP contribution in [0.5, 0.6) is 5.75 Å². The second-order valence-corrected chi connectivity index (χ2v) is 5.43. The summed E-state index contributed by atoms with van der Waals surface area (Å²) in [6.45, 7) is 4.53. The van der Waals surface area contributed by atoms with Crippen LogP contribution in [0.15, 0.2) is 18.2 Å². The number of rotatable bonds is 7. The Morgan fingerprint density at radius 3 is 2.83 bits per heavy atom. The van der Waals surface area contributed by atoms with Gasteiger partial charge in [-0.05, 0) is 37.2 Å². The van der Waals surface area contributed by atoms with E-state index in [-0.39, 0.29) is 0 Å². The Morgan fingerprint density at radius 1 is 1.39 bits per heavy atom. The highest BCUT2D eigenvalue weighted by Gasteiger charge is 2.41. The number of ether oxygens (including phenoxy) is 1. The summed E-state index contributed by atoms with van der Waals surface area (Å²) < 4.78 is 5.15. The van der Waals surface area contributed by atoms with Gasteiger partial charge in [-0.2, -0.15) is 0 Å². The van der Waals surface area contributed by atoms with Crippen molar-refractivity contribution in [2.75, 3.05) is 20.3 Å². The van der Waals surface area contributed by atoms with E-state index in [1.807, 2.05) is 25.1 Å². The first-order chi connectivity index (χ1) is 8.67. The van der Waals surface area contributed by atoms with Crippen molar-refractivity contribution in [3.63, 3.8) is 0 Å². The zero-order chi connectivity index (χ0) is 13.0. The highest BCUT2D eigenvalue weighted by atomic mass is 16.5. The molecule has 1 fully saturated rings. The van der Waals surface area contributed by atoms with Crippen molar-refractivity contribution in [1.82, 2.24) is 5.32 Å². The number of para-hydroxylation sites is 1. The fourth-order valence-electron chi connectivity index (χ4n) is 2.34. The van der Waals surface area contributed by atoms with Crippen LogP contribution in [-0.2, 0) is 11.3 Å². The molecule has 1 aromatic rings. The minimum absolute atomic E-state index is 0.423. The van der Waals surface area contributed by atoms with E-state index < -0.39 is 0 Å². The normalized spacial score (nSPS) is 16.8. The third-order valence-electron chi connectivity index (χ3n) is 3.93. The third-order valence-corrected chi connectivity index (χ3v) is 3.93. The Morgan fingerprint density at radius 2 is 2.17 bits per heavy atom. The van der Waals surface area contributed by atoms with Crippen LogP contribution in [0.2, 0.25) is 0 Å². The monoisotopic (exact) mass is 249 g/mol. The minimum atomic E-state index is 0.423. The molecule has 0 amide bonds. The molecule has 0 heterocycles. The van der Waals surface area contributed by atoms with E-state index in [0.717, 1.165) is 37.2 Å². The van der Waals surface area contributed by atoms with Gasteiger partial charge < -0.3 is 15.2 Å². The standard InChI is InChI=1S/C15H23NO2/c1-12-4-3-5-13(14(12)17)10-16-11-15(6-7-15)8-9-18-2/h3-5,16-17H,6-11H2,1-2H3. The van der Waals surface area contributed by atoms with Crippen LogP contribution in [0.1, 0.15) is 30.4 Å². The lowest BCUT2D eigenvalue weighted by molar-refractivity contribution is 0.171. The van der Waals surface area contributed by atoms with Crippen molar-refractivity contribution in [2.45, 2.75) is 32.7 Å². The molecule has 0 unspecified atom stereocenters. The molecule has 0 spiro atoms. The van der Waals surface area contributed by atoms with Crippen LogP contribution in [0.25, 0.3) is 0 Å². The quantitative estimate of drug-likeness (QED) is 0.780. The van der Waals surface area contributed by atoms with E-state index in [1.54, 1.807) is 7.11 Å². The van der Waals surface area contributed by atoms with Gasteiger partial charge in [-0.1, -0.05) is 18.2 Å². The van der Waals surface area contributed by atoms with Crippen molar-refractivity contribution >= 4 is 0 Å². The number of methoxy groups -OCH3 is 1. The Balaban J connectivity index is 1.80. The number of nitrogens with one attached hydrogen (secondary N) is 1. The average molecular weight is 249 g/mol. The lowest BCUT2D eigenvalue weighted by atomic mass is 10.0. The number of benzene rings is 1. The first-order valence-electron chi connectivity index (χ1n) is 6.64. The molecule has 1 saturated carbocycles. The summed E-state index contributed by atoms with van der Waals surface area (Å²) in [5, 5.41) is 13.4. The molecule has 0 atom stereocenters. The molecule has 1 aromatic carbocycles. The van der Waals surface area contributed by atoms with Gasteiger partial charge in [0.2, 0.25) is 0 Å². The number of hydrogen-bond acceptors (Lipinski definition) is 3. The molecular weight excluding hydrogens is 226 g/mol. The zero-order valence-electron chi connectivity index (χ0n) is 11.3. The maximum absolute atomic E-state index is 9.92. The third kappa shape index (κ3) is 3.24. The molecule has 0 aromatic heterocycles. The highest BCUT2D eigenvalue weighted by molar-refractivity contribution is 5.39. The summed E-state index contributed by atoms with van der Waals surface area (Å²) in [5.41, 5.74) is 2.38. The van der Waals surface area contributed by atoms with Gasteiger partial charge in [0.05, 0.1) is 0 Å². The zero-order valence-corrected chi connectivity index (χ0v) is 11.3. The SMILES string of the molecule is COCCC1(CNCc2cccc(C)c2O)CC1. The molecule has 3 heteroatoms. The van der Waals surface area contributed by atoms with Crippen molar-refractivity contribution in [1.29, 1.82) is 0 Å². The maximum Gasteiger partial charge on any atom is 0.122 e. The minimum Gasteiger partial charge on any atom is -0.507 e. The summed E-state index contributed by atoms with van der Waals surface area (Å²) in [6.07, 6.45) is 3.72. The molecule has 1 aliphatic carbocycles. The molecule has 2 N–H and O–H groups in total. The summed E-state index contributed by atoms with van der Waals surface area (Å²) in [7, 11) is 1.76. The van der Waals surface area contributed by atoms with E-state index in [2.05, 4.69) is 5.32 Å². The van der Waals surface area contributed by atoms with Crippen LogP contribution in [0.4, 0.5) is 0 Å². The number of hydrogen-bond donors (Lipinski definition) is 2. The van der Waals surface area contributed by atoms with Gasteiger partial charge >= 0.3 is 0 Å². The molecule has 2 rings (SSSR count). The number of aromatic hydroxyl groups is 1. The molecule has 18 heavy (non-hydrogen) atoms. The Labute approximate surface area is 109 Å². The van der Waals surface area contributed by atoms with Gasteiger partial charge in [-0.3, -0.25) is 0 Å². The van der Waals surface area contributed by atoms with Crippen molar-refractivity contribution in [3.8, 4) is 5.75 Å². The van der Waals surface area contributed by atoms with E-state index >= 15 is 0 Å². The topological polar surface area (TPSA) is 41.5 Å². The predicted octanol–water partition coefficient (Wildman–Crippen LogP) is 2.61. The van der Waals surface area contributed by atoms with Gasteiger partial charge in [0.15, 0.2) is 0 Å². The van der Waals surface area contributed by atoms with Crippen LogP contribution >= 0.6 is 0 Å². The van der Waals surface area contributed by atoms with Crippen LogP contribution in [0.3, 0.4) is 0 Å². The van der Waals surface area contributed by atoms with Gasteiger partial charge in [0.1, 0.15) is 5.75 Å². The lowest BCUT2D eigenvalue weighted by Crippen LogP contribution is -2.24. The number of phenolic OH excluding ortho intramolecular Hbond substituents is 1. The second-order valence-electron chi connectivity index (χ2n) is 5.43. The van der Waals surface area contributed by atoms with Gasteiger partial charge in [-0.25, -0.2) is 0 Å². The van der Waals surface area contributed by atoms with Crippen LogP contribution in [0, 0.1) is 12.3 Å². The fraction of sp³-hybridized carbons (Fsp3) is 0.600. The molecule has 0 aliphatic heterocycles. The fourth-order valence-corrected chi connectivity index (χ4v) is 2.34. The number of phenols is 1. The van der Waals surface area contributed by atoms with Crippen LogP contribution < -0.4 is 5.32 Å². The highest BCUT2D eigenvalue weighted by Crippen LogP contribution is 2.48. The first kappa shape index (κ1) is 13.4. The molecule has 1 aliphatic rings. The summed E-state index contributed by atoms with van der Waals surface area (Å²) in [6, 6.07) is 5.90. The molecule has 100 valence electrons. The van der Waals surface area contributed by atoms with Crippen molar-refractivity contribution in [3.05, 3.63) is 29.3 Å². The van der Waals surface area contributed by atoms with Gasteiger partial charge in [-0.15, -0.1) is 0 Å². The summed E-state index contributed by atoms with van der Waals surface area (Å²) in [5.74, 6) is 0.423. The Bertz CT molecular complexity index is 399. The smallest absolute Gasteiger partial charge is 0.122 e. The van der Waals surface area contributed by atoms with E-state index in [9.17, 15) is 5.11 Å². The Hall–Kier alpha value is -1.06. The Kier molecular flexibility index (Phi) is 4.25. The van der Waals surface area contributed by atoms with E-state index in [4.69, 9.17) is 4.74 Å². The lowest BCUT2D eigenvalue weighted by Gasteiger charge is -2.16.